The molecule has 126 valence electrons. The summed E-state index contributed by atoms with van der Waals surface area (Å²) in [6.07, 6.45) is 0. The van der Waals surface area contributed by atoms with E-state index in [4.69, 9.17) is 15.2 Å². The zero-order valence-electron chi connectivity index (χ0n) is 14.3. The highest BCUT2D eigenvalue weighted by molar-refractivity contribution is 5.92. The van der Waals surface area contributed by atoms with Gasteiger partial charge < -0.3 is 15.2 Å². The number of ether oxygens (including phenoxy) is 2. The predicted molar refractivity (Wildman–Crippen MR) is 89.6 cm³/mol. The van der Waals surface area contributed by atoms with Gasteiger partial charge in [0.2, 0.25) is 11.8 Å². The summed E-state index contributed by atoms with van der Waals surface area (Å²) < 4.78 is 10.8. The van der Waals surface area contributed by atoms with Crippen molar-refractivity contribution in [1.29, 1.82) is 0 Å². The highest BCUT2D eigenvalue weighted by Gasteiger charge is 2.38. The molecule has 3 rings (SSSR count). The highest BCUT2D eigenvalue weighted by atomic mass is 16.5. The van der Waals surface area contributed by atoms with Gasteiger partial charge in [0.05, 0.1) is 12.5 Å². The maximum atomic E-state index is 12.5. The molecule has 1 aromatic carbocycles. The second-order valence-corrected chi connectivity index (χ2v) is 5.96. The second-order valence-electron chi connectivity index (χ2n) is 5.96. The van der Waals surface area contributed by atoms with Crippen molar-refractivity contribution in [3.05, 3.63) is 57.6 Å². The maximum absolute atomic E-state index is 12.5. The van der Waals surface area contributed by atoms with Crippen molar-refractivity contribution < 1.29 is 14.3 Å². The molecule has 0 spiro atoms. The van der Waals surface area contributed by atoms with E-state index in [1.165, 1.54) is 0 Å². The van der Waals surface area contributed by atoms with Gasteiger partial charge in [-0.3, -0.25) is 5.10 Å². The van der Waals surface area contributed by atoms with E-state index in [0.29, 0.717) is 11.5 Å². The van der Waals surface area contributed by atoms with Crippen molar-refractivity contribution in [1.82, 2.24) is 10.2 Å². The van der Waals surface area contributed by atoms with Crippen molar-refractivity contribution in [2.24, 2.45) is 5.73 Å². The fraction of sp³-hybridized carbons (Fsp3) is 0.333. The number of nitrogens with one attached hydrogen (secondary N) is 1. The summed E-state index contributed by atoms with van der Waals surface area (Å²) in [5.74, 6) is -0.390. The van der Waals surface area contributed by atoms with E-state index in [2.05, 4.69) is 16.3 Å². The van der Waals surface area contributed by atoms with Gasteiger partial charge >= 0.3 is 5.97 Å². The van der Waals surface area contributed by atoms with Crippen molar-refractivity contribution >= 4 is 5.97 Å². The molecule has 24 heavy (non-hydrogen) atoms. The first-order chi connectivity index (χ1) is 11.4. The fourth-order valence-electron chi connectivity index (χ4n) is 3.17. The van der Waals surface area contributed by atoms with Gasteiger partial charge in [-0.15, -0.1) is 5.10 Å². The van der Waals surface area contributed by atoms with Crippen molar-refractivity contribution in [3.63, 3.8) is 0 Å². The fourth-order valence-corrected chi connectivity index (χ4v) is 3.17. The quantitative estimate of drug-likeness (QED) is 0.846. The summed E-state index contributed by atoms with van der Waals surface area (Å²) >= 11 is 0. The maximum Gasteiger partial charge on any atom is 0.340 e. The van der Waals surface area contributed by atoms with E-state index in [9.17, 15) is 4.79 Å². The Morgan fingerprint density at radius 2 is 2.12 bits per heavy atom. The Hall–Kier alpha value is -2.76. The van der Waals surface area contributed by atoms with Gasteiger partial charge in [-0.2, -0.15) is 0 Å². The lowest BCUT2D eigenvalue weighted by atomic mass is 9.81. The van der Waals surface area contributed by atoms with E-state index in [1.54, 1.807) is 6.92 Å². The standard InChI is InChI=1S/C18H21N3O3/c1-5-23-18(22)15-14(12-7-6-9(2)8-10(12)3)13-11(4)20-21-17(13)24-16(15)19/h6-8,14H,5,19H2,1-4H3,(H,20,21)/t14-/m0/s1. The summed E-state index contributed by atoms with van der Waals surface area (Å²) in [7, 11) is 0. The van der Waals surface area contributed by atoms with E-state index in [0.717, 1.165) is 27.9 Å². The van der Waals surface area contributed by atoms with E-state index in [-0.39, 0.29) is 18.4 Å². The molecule has 0 radical (unpaired) electrons. The molecule has 6 heteroatoms. The number of benzene rings is 1. The first kappa shape index (κ1) is 16.1. The summed E-state index contributed by atoms with van der Waals surface area (Å²) in [6.45, 7) is 7.99. The Bertz CT molecular complexity index is 836. The molecule has 3 N–H and O–H groups in total. The summed E-state index contributed by atoms with van der Waals surface area (Å²) in [5, 5.41) is 7.07. The lowest BCUT2D eigenvalue weighted by Crippen LogP contribution is -2.27. The molecule has 0 amide bonds. The van der Waals surface area contributed by atoms with Crippen LogP contribution in [0.2, 0.25) is 0 Å². The van der Waals surface area contributed by atoms with Crippen LogP contribution in [0.25, 0.3) is 0 Å². The van der Waals surface area contributed by atoms with Crippen LogP contribution in [0.3, 0.4) is 0 Å². The molecule has 1 aliphatic heterocycles. The minimum Gasteiger partial charge on any atom is -0.462 e. The number of rotatable bonds is 3. The predicted octanol–water partition coefficient (Wildman–Crippen LogP) is 2.59. The molecule has 0 aliphatic carbocycles. The van der Waals surface area contributed by atoms with Crippen LogP contribution in [-0.4, -0.2) is 22.8 Å². The Balaban J connectivity index is 2.23. The van der Waals surface area contributed by atoms with Crippen LogP contribution in [0.1, 0.15) is 40.8 Å². The minimum absolute atomic E-state index is 0.0393. The number of esters is 1. The molecule has 1 atom stereocenters. The minimum atomic E-state index is -0.466. The number of carbonyl (C=O) groups excluding carboxylic acids is 1. The van der Waals surface area contributed by atoms with Gasteiger partial charge in [-0.1, -0.05) is 23.8 Å². The number of nitrogens with zero attached hydrogens (tertiary/aromatic N) is 1. The number of nitrogens with two attached hydrogens (primary N) is 1. The van der Waals surface area contributed by atoms with Crippen LogP contribution < -0.4 is 10.5 Å². The topological polar surface area (TPSA) is 90.2 Å². The molecule has 0 saturated carbocycles. The van der Waals surface area contributed by atoms with Gasteiger partial charge in [0.25, 0.3) is 0 Å². The van der Waals surface area contributed by atoms with E-state index < -0.39 is 5.97 Å². The third-order valence-corrected chi connectivity index (χ3v) is 4.24. The lowest BCUT2D eigenvalue weighted by Gasteiger charge is -2.27. The third kappa shape index (κ3) is 2.54. The number of H-pyrrole nitrogens is 1. The zero-order valence-corrected chi connectivity index (χ0v) is 14.3. The molecule has 0 fully saturated rings. The molecular weight excluding hydrogens is 306 g/mol. The number of carbonyl (C=O) groups is 1. The number of hydrogen-bond acceptors (Lipinski definition) is 5. The molecule has 0 unspecified atom stereocenters. The number of aromatic nitrogens is 2. The monoisotopic (exact) mass is 327 g/mol. The number of fused-ring (bicyclic) bond motifs is 1. The largest absolute Gasteiger partial charge is 0.462 e. The normalized spacial score (nSPS) is 16.6. The lowest BCUT2D eigenvalue weighted by molar-refractivity contribution is -0.139. The van der Waals surface area contributed by atoms with Gasteiger partial charge in [0.15, 0.2) is 0 Å². The first-order valence-electron chi connectivity index (χ1n) is 7.90. The van der Waals surface area contributed by atoms with E-state index in [1.807, 2.05) is 32.9 Å². The number of aryl methyl sites for hydroxylation is 3. The molecule has 1 aliphatic rings. The number of hydrogen-bond donors (Lipinski definition) is 2. The van der Waals surface area contributed by atoms with Gasteiger partial charge in [-0.25, -0.2) is 4.79 Å². The van der Waals surface area contributed by atoms with E-state index >= 15 is 0 Å². The van der Waals surface area contributed by atoms with Crippen LogP contribution in [0, 0.1) is 20.8 Å². The zero-order chi connectivity index (χ0) is 17.4. The van der Waals surface area contributed by atoms with Gasteiger partial charge in [0.1, 0.15) is 5.57 Å². The van der Waals surface area contributed by atoms with Crippen LogP contribution in [-0.2, 0) is 9.53 Å². The Labute approximate surface area is 140 Å². The smallest absolute Gasteiger partial charge is 0.340 e. The molecule has 6 nitrogen and oxygen atoms in total. The van der Waals surface area contributed by atoms with Crippen molar-refractivity contribution in [2.45, 2.75) is 33.6 Å². The molecular formula is C18H21N3O3. The van der Waals surface area contributed by atoms with Crippen LogP contribution in [0.15, 0.2) is 29.7 Å². The number of aromatic amines is 1. The molecule has 1 aromatic heterocycles. The third-order valence-electron chi connectivity index (χ3n) is 4.24. The summed E-state index contributed by atoms with van der Waals surface area (Å²) in [5.41, 5.74) is 11.2. The molecule has 2 heterocycles. The SMILES string of the molecule is CCOC(=O)C1=C(N)Oc2n[nH]c(C)c2[C@@H]1c1ccc(C)cc1C. The summed E-state index contributed by atoms with van der Waals surface area (Å²) in [4.78, 5) is 12.5. The average Bonchev–Trinajstić information content (AvgIpc) is 2.87. The Morgan fingerprint density at radius 3 is 2.79 bits per heavy atom. The summed E-state index contributed by atoms with van der Waals surface area (Å²) in [6, 6.07) is 6.12. The van der Waals surface area contributed by atoms with Gasteiger partial charge in [0, 0.05) is 11.3 Å². The molecule has 0 bridgehead atoms. The average molecular weight is 327 g/mol. The first-order valence-corrected chi connectivity index (χ1v) is 7.90. The molecule has 0 saturated heterocycles. The molecule has 2 aromatic rings. The van der Waals surface area contributed by atoms with Crippen LogP contribution in [0.5, 0.6) is 5.88 Å². The second kappa shape index (κ2) is 6.03. The van der Waals surface area contributed by atoms with Crippen molar-refractivity contribution in [2.75, 3.05) is 6.61 Å². The van der Waals surface area contributed by atoms with Crippen LogP contribution in [0.4, 0.5) is 0 Å². The van der Waals surface area contributed by atoms with Gasteiger partial charge in [-0.05, 0) is 38.8 Å². The Morgan fingerprint density at radius 1 is 1.38 bits per heavy atom. The Kier molecular flexibility index (Phi) is 4.05. The van der Waals surface area contributed by atoms with Crippen LogP contribution >= 0.6 is 0 Å². The van der Waals surface area contributed by atoms with Crippen molar-refractivity contribution in [3.8, 4) is 5.88 Å². The highest BCUT2D eigenvalue weighted by Crippen LogP contribution is 2.44.